The molecule has 0 bridgehead atoms. The normalized spacial score (nSPS) is 14.1. The van der Waals surface area contributed by atoms with Crippen molar-refractivity contribution >= 4 is 243 Å². The summed E-state index contributed by atoms with van der Waals surface area (Å²) in [7, 11) is -6.25. The fraction of sp³-hybridized carbons (Fsp3) is 0.273. The topological polar surface area (TPSA) is 0 Å². The molecule has 0 saturated carbocycles. The van der Waals surface area contributed by atoms with Gasteiger partial charge in [0.25, 0.3) is 0 Å². The number of hydrogen-bond acceptors (Lipinski definition) is 8. The van der Waals surface area contributed by atoms with Crippen molar-refractivity contribution in [1.82, 2.24) is 0 Å². The predicted octanol–water partition coefficient (Wildman–Crippen LogP) is 16.5. The van der Waals surface area contributed by atoms with Gasteiger partial charge in [0.1, 0.15) is 0 Å². The van der Waals surface area contributed by atoms with E-state index in [-0.39, 0.29) is 0 Å². The molecule has 0 aliphatic carbocycles. The minimum absolute atomic E-state index is 1.45. The lowest BCUT2D eigenvalue weighted by atomic mass is 9.99. The molecule has 0 saturated heterocycles. The largest absolute Gasteiger partial charge is 0.143 e. The average molecular weight is 942 g/mol. The fourth-order valence-corrected chi connectivity index (χ4v) is 25.5. The number of hydrogen-bond donors (Lipinski definition) is 0. The van der Waals surface area contributed by atoms with Crippen molar-refractivity contribution in [3.63, 3.8) is 0 Å². The van der Waals surface area contributed by atoms with Crippen LogP contribution in [-0.4, -0.2) is 32.3 Å². The highest BCUT2D eigenvalue weighted by atomic mass is 32.1. The number of thiophene rings is 8. The van der Waals surface area contributed by atoms with Gasteiger partial charge >= 0.3 is 0 Å². The predicted molar refractivity (Wildman–Crippen MR) is 285 cm³/mol. The van der Waals surface area contributed by atoms with Crippen molar-refractivity contribution in [2.24, 2.45) is 0 Å². The Labute approximate surface area is 363 Å². The van der Waals surface area contributed by atoms with Crippen LogP contribution in [-0.2, 0) is 0 Å². The molecule has 0 spiro atoms. The summed E-state index contributed by atoms with van der Waals surface area (Å²) in [6.45, 7) is 30.3. The molecule has 12 heteroatoms. The Balaban J connectivity index is 1.47. The van der Waals surface area contributed by atoms with Crippen molar-refractivity contribution in [3.05, 3.63) is 45.8 Å². The molecule has 0 nitrogen and oxygen atoms in total. The van der Waals surface area contributed by atoms with Crippen LogP contribution in [0, 0.1) is 0 Å². The van der Waals surface area contributed by atoms with Crippen LogP contribution < -0.4 is 18.0 Å². The molecule has 0 aliphatic heterocycles. The summed E-state index contributed by atoms with van der Waals surface area (Å²) in [6.07, 6.45) is 0. The maximum atomic E-state index is 2.63. The van der Waals surface area contributed by atoms with Crippen molar-refractivity contribution in [2.45, 2.75) is 78.6 Å². The van der Waals surface area contributed by atoms with E-state index in [4.69, 9.17) is 0 Å². The molecule has 8 aromatic heterocycles. The van der Waals surface area contributed by atoms with Crippen molar-refractivity contribution in [1.29, 1.82) is 0 Å². The quantitative estimate of drug-likeness (QED) is 0.154. The van der Waals surface area contributed by atoms with Gasteiger partial charge in [-0.25, -0.2) is 0 Å². The zero-order valence-corrected chi connectivity index (χ0v) is 44.4. The molecule has 56 heavy (non-hydrogen) atoms. The van der Waals surface area contributed by atoms with Gasteiger partial charge in [-0.2, -0.15) is 0 Å². The van der Waals surface area contributed by atoms with Crippen molar-refractivity contribution in [3.8, 4) is 0 Å². The third-order valence-electron chi connectivity index (χ3n) is 11.5. The molecule has 11 aromatic rings. The van der Waals surface area contributed by atoms with E-state index in [1.54, 1.807) is 18.0 Å². The zero-order valence-electron chi connectivity index (χ0n) is 33.9. The summed E-state index contributed by atoms with van der Waals surface area (Å²) < 4.78 is 18.4. The van der Waals surface area contributed by atoms with Crippen LogP contribution in [0.4, 0.5) is 0 Å². The van der Waals surface area contributed by atoms with Gasteiger partial charge in [-0.1, -0.05) is 78.6 Å². The Bertz CT molecular complexity index is 3050. The Morgan fingerprint density at radius 3 is 0.643 bits per heavy atom. The second-order valence-corrected chi connectivity index (χ2v) is 49.2. The molecule has 0 unspecified atom stereocenters. The second kappa shape index (κ2) is 12.1. The van der Waals surface area contributed by atoms with Gasteiger partial charge in [-0.15, -0.1) is 90.7 Å². The summed E-state index contributed by atoms with van der Waals surface area (Å²) in [5.74, 6) is 0. The average Bonchev–Trinajstić information content (AvgIpc) is 3.92. The molecule has 0 radical (unpaired) electrons. The Hall–Kier alpha value is -1.53. The lowest BCUT2D eigenvalue weighted by molar-refractivity contribution is 1.79. The molecule has 0 fully saturated rings. The van der Waals surface area contributed by atoms with Crippen molar-refractivity contribution < 1.29 is 0 Å². The Morgan fingerprint density at radius 1 is 0.268 bits per heavy atom. The first kappa shape index (κ1) is 37.5. The standard InChI is InChI=1S/C44H44S8Si4/c1-53(2,3)29-13-21-22-14-30(54(4,5)6)50-38(22)42-34-27(19-46-42)28-20-48-44-36(28)35-26(25-17-45-41(33(25)34)37(21)49-29)18-47-43(35)39-23(15-31(51-39)55(7,8)9)24-16-32(52-40(24)44)56(10,11)12/h13-20H,1-12H3. The van der Waals surface area contributed by atoms with Crippen LogP contribution in [0.25, 0.3) is 102 Å². The van der Waals surface area contributed by atoms with Gasteiger partial charge in [0.15, 0.2) is 0 Å². The van der Waals surface area contributed by atoms with Gasteiger partial charge in [0.2, 0.25) is 0 Å². The highest BCUT2D eigenvalue weighted by Gasteiger charge is 2.29. The monoisotopic (exact) mass is 940 g/mol. The molecule has 0 N–H and O–H groups in total. The second-order valence-electron chi connectivity index (χ2n) is 19.8. The third kappa shape index (κ3) is 5.27. The van der Waals surface area contributed by atoms with Gasteiger partial charge in [-0.3, -0.25) is 0 Å². The molecule has 8 heterocycles. The first-order valence-corrected chi connectivity index (χ1v) is 40.1. The maximum absolute atomic E-state index is 2.63. The lowest BCUT2D eigenvalue weighted by Crippen LogP contribution is -2.34. The molecule has 0 amide bonds. The minimum Gasteiger partial charge on any atom is -0.143 e. The summed E-state index contributed by atoms with van der Waals surface area (Å²) in [5, 5.41) is 27.9. The highest BCUT2D eigenvalue weighted by molar-refractivity contribution is 7.38. The number of rotatable bonds is 4. The van der Waals surface area contributed by atoms with Gasteiger partial charge in [-0.05, 0) is 63.8 Å². The zero-order chi connectivity index (χ0) is 39.2. The van der Waals surface area contributed by atoms with Gasteiger partial charge in [0.05, 0.1) is 69.9 Å². The highest BCUT2D eigenvalue weighted by Crippen LogP contribution is 2.54. The van der Waals surface area contributed by atoms with E-state index in [0.717, 1.165) is 0 Å². The van der Waals surface area contributed by atoms with E-state index >= 15 is 0 Å². The van der Waals surface area contributed by atoms with Gasteiger partial charge in [0, 0.05) is 64.6 Å². The van der Waals surface area contributed by atoms with E-state index < -0.39 is 32.3 Å². The van der Waals surface area contributed by atoms with Crippen LogP contribution in [0.2, 0.25) is 78.6 Å². The molecule has 0 atom stereocenters. The molecule has 11 rings (SSSR count). The van der Waals surface area contributed by atoms with Gasteiger partial charge < -0.3 is 0 Å². The van der Waals surface area contributed by atoms with Crippen molar-refractivity contribution in [2.75, 3.05) is 0 Å². The third-order valence-corrected chi connectivity index (χ3v) is 35.0. The van der Waals surface area contributed by atoms with Crippen LogP contribution in [0.1, 0.15) is 0 Å². The fourth-order valence-electron chi connectivity index (χ4n) is 8.40. The number of fused-ring (bicyclic) bond motifs is 12. The first-order chi connectivity index (χ1) is 26.3. The Morgan fingerprint density at radius 2 is 0.464 bits per heavy atom. The molecule has 3 aromatic carbocycles. The lowest BCUT2D eigenvalue weighted by Gasteiger charge is -2.12. The van der Waals surface area contributed by atoms with Crippen LogP contribution in [0.15, 0.2) is 45.8 Å². The van der Waals surface area contributed by atoms with E-state index in [1.165, 1.54) is 102 Å². The minimum atomic E-state index is -1.56. The first-order valence-electron chi connectivity index (χ1n) is 19.4. The van der Waals surface area contributed by atoms with Crippen LogP contribution in [0.3, 0.4) is 0 Å². The van der Waals surface area contributed by atoms with Crippen LogP contribution in [0.5, 0.6) is 0 Å². The summed E-state index contributed by atoms with van der Waals surface area (Å²) in [5.41, 5.74) is 0. The van der Waals surface area contributed by atoms with E-state index in [9.17, 15) is 0 Å². The maximum Gasteiger partial charge on any atom is 0.0904 e. The van der Waals surface area contributed by atoms with E-state index in [1.807, 2.05) is 45.3 Å². The van der Waals surface area contributed by atoms with Crippen LogP contribution >= 0.6 is 90.7 Å². The SMILES string of the molecule is C[Si](C)(C)c1cc2c3cc([Si](C)(C)C)sc3c3scc4c5csc6c7sc([Si](C)(C)C)cc7c7cc([Si](C)(C)C)sc7c7scc(c8csc(c2s1)c8c43)c7c56. The molecular weight excluding hydrogens is 897 g/mol. The smallest absolute Gasteiger partial charge is 0.0904 e. The molecule has 0 aliphatic rings. The summed E-state index contributed by atoms with van der Waals surface area (Å²) in [6, 6.07) is 10.5. The summed E-state index contributed by atoms with van der Waals surface area (Å²) in [4.78, 5) is 0. The van der Waals surface area contributed by atoms with E-state index in [2.05, 4.69) is 170 Å². The summed E-state index contributed by atoms with van der Waals surface area (Å²) >= 11 is 16.5. The molecular formula is C44H44S8Si4. The Kier molecular flexibility index (Phi) is 8.07. The molecule has 284 valence electrons. The van der Waals surface area contributed by atoms with E-state index in [0.29, 0.717) is 0 Å².